The molecule has 5 nitrogen and oxygen atoms in total. The molecule has 0 saturated carbocycles. The lowest BCUT2D eigenvalue weighted by Gasteiger charge is -2.10. The van der Waals surface area contributed by atoms with E-state index in [1.165, 1.54) is 17.0 Å². The van der Waals surface area contributed by atoms with E-state index in [1.807, 2.05) is 0 Å². The third-order valence-electron chi connectivity index (χ3n) is 2.61. The van der Waals surface area contributed by atoms with Crippen LogP contribution in [-0.4, -0.2) is 26.6 Å². The summed E-state index contributed by atoms with van der Waals surface area (Å²) in [6, 6.07) is 6.26. The number of thiocarbonyl (C=S) groups is 1. The summed E-state index contributed by atoms with van der Waals surface area (Å²) in [6.45, 7) is 3.90. The van der Waals surface area contributed by atoms with Gasteiger partial charge in [0.15, 0.2) is 0 Å². The lowest BCUT2D eigenvalue weighted by Crippen LogP contribution is -2.27. The number of carbonyl (C=O) groups excluding carboxylic acids is 1. The molecule has 0 N–H and O–H groups in total. The van der Waals surface area contributed by atoms with Gasteiger partial charge in [-0.3, -0.25) is 19.8 Å². The monoisotopic (exact) mass is 306 g/mol. The van der Waals surface area contributed by atoms with Crippen LogP contribution in [-0.2, 0) is 4.79 Å². The second kappa shape index (κ2) is 5.98. The fraction of sp³-hybridized carbons (Fsp3) is 0.0769. The van der Waals surface area contributed by atoms with Crippen LogP contribution in [0.5, 0.6) is 0 Å². The summed E-state index contributed by atoms with van der Waals surface area (Å²) in [6.07, 6.45) is 3.08. The fourth-order valence-electron chi connectivity index (χ4n) is 1.70. The van der Waals surface area contributed by atoms with Gasteiger partial charge in [-0.1, -0.05) is 42.2 Å². The van der Waals surface area contributed by atoms with Crippen LogP contribution in [0.1, 0.15) is 5.56 Å². The lowest BCUT2D eigenvalue weighted by molar-refractivity contribution is -0.385. The number of nitrogens with zero attached hydrogens (tertiary/aromatic N) is 2. The van der Waals surface area contributed by atoms with Crippen molar-refractivity contribution in [3.05, 3.63) is 57.5 Å². The molecule has 0 aliphatic carbocycles. The molecule has 1 fully saturated rings. The molecule has 1 aromatic rings. The summed E-state index contributed by atoms with van der Waals surface area (Å²) in [4.78, 5) is 24.4. The van der Waals surface area contributed by atoms with E-state index in [0.717, 1.165) is 11.8 Å². The van der Waals surface area contributed by atoms with E-state index in [4.69, 9.17) is 12.2 Å². The highest BCUT2D eigenvalue weighted by atomic mass is 32.2. The van der Waals surface area contributed by atoms with Crippen molar-refractivity contribution in [2.75, 3.05) is 6.54 Å². The highest BCUT2D eigenvalue weighted by Crippen LogP contribution is 2.33. The van der Waals surface area contributed by atoms with E-state index >= 15 is 0 Å². The first-order chi connectivity index (χ1) is 9.54. The number of nitro benzene ring substituents is 1. The van der Waals surface area contributed by atoms with Gasteiger partial charge in [0.2, 0.25) is 0 Å². The third kappa shape index (κ3) is 2.78. The quantitative estimate of drug-likeness (QED) is 0.281. The maximum absolute atomic E-state index is 12.1. The van der Waals surface area contributed by atoms with Crippen LogP contribution in [0.15, 0.2) is 41.8 Å². The Labute approximate surface area is 125 Å². The molecule has 1 aliphatic heterocycles. The number of benzene rings is 1. The minimum atomic E-state index is -0.476. The van der Waals surface area contributed by atoms with Gasteiger partial charge in [0, 0.05) is 12.6 Å². The SMILES string of the molecule is C=CCN1C(=O)/C(=C\c2ccccc2[N+](=O)[O-])SC1=S. The summed E-state index contributed by atoms with van der Waals surface area (Å²) < 4.78 is 0.430. The molecule has 0 unspecified atom stereocenters. The molecular weight excluding hydrogens is 296 g/mol. The Kier molecular flexibility index (Phi) is 4.31. The van der Waals surface area contributed by atoms with Crippen LogP contribution >= 0.6 is 24.0 Å². The molecule has 20 heavy (non-hydrogen) atoms. The molecule has 1 aliphatic rings. The van der Waals surface area contributed by atoms with E-state index in [0.29, 0.717) is 21.3 Å². The van der Waals surface area contributed by atoms with Gasteiger partial charge in [0.25, 0.3) is 11.6 Å². The highest BCUT2D eigenvalue weighted by Gasteiger charge is 2.31. The van der Waals surface area contributed by atoms with Crippen molar-refractivity contribution in [1.82, 2.24) is 4.90 Å². The van der Waals surface area contributed by atoms with E-state index in [9.17, 15) is 14.9 Å². The molecule has 7 heteroatoms. The van der Waals surface area contributed by atoms with Gasteiger partial charge in [-0.05, 0) is 12.1 Å². The molecule has 1 heterocycles. The van der Waals surface area contributed by atoms with Gasteiger partial charge >= 0.3 is 0 Å². The molecule has 0 atom stereocenters. The van der Waals surface area contributed by atoms with Crippen LogP contribution in [0.2, 0.25) is 0 Å². The standard InChI is InChI=1S/C13H10N2O3S2/c1-2-7-14-12(16)11(20-13(14)19)8-9-5-3-4-6-10(9)15(17)18/h2-6,8H,1,7H2/b11-8+. The topological polar surface area (TPSA) is 63.5 Å². The number of hydrogen-bond acceptors (Lipinski definition) is 5. The van der Waals surface area contributed by atoms with Crippen molar-refractivity contribution in [3.63, 3.8) is 0 Å². The fourth-order valence-corrected chi connectivity index (χ4v) is 2.97. The molecule has 1 aromatic carbocycles. The molecule has 0 bridgehead atoms. The minimum Gasteiger partial charge on any atom is -0.289 e. The van der Waals surface area contributed by atoms with E-state index in [2.05, 4.69) is 6.58 Å². The van der Waals surface area contributed by atoms with Crippen molar-refractivity contribution in [1.29, 1.82) is 0 Å². The number of thioether (sulfide) groups is 1. The third-order valence-corrected chi connectivity index (χ3v) is 3.98. The predicted octanol–water partition coefficient (Wildman–Crippen LogP) is 2.98. The average molecular weight is 306 g/mol. The van der Waals surface area contributed by atoms with E-state index in [1.54, 1.807) is 24.3 Å². The van der Waals surface area contributed by atoms with Crippen LogP contribution < -0.4 is 0 Å². The van der Waals surface area contributed by atoms with Gasteiger partial charge < -0.3 is 0 Å². The van der Waals surface area contributed by atoms with Crippen LogP contribution in [0, 0.1) is 10.1 Å². The van der Waals surface area contributed by atoms with Gasteiger partial charge in [-0.25, -0.2) is 0 Å². The normalized spacial score (nSPS) is 16.8. The Hall–Kier alpha value is -1.99. The molecule has 2 rings (SSSR count). The number of nitro groups is 1. The molecule has 0 radical (unpaired) electrons. The minimum absolute atomic E-state index is 0.0403. The summed E-state index contributed by atoms with van der Waals surface area (Å²) in [5.41, 5.74) is 0.345. The zero-order chi connectivity index (χ0) is 14.7. The largest absolute Gasteiger partial charge is 0.289 e. The Morgan fingerprint density at radius 1 is 1.45 bits per heavy atom. The van der Waals surface area contributed by atoms with Crippen molar-refractivity contribution >= 4 is 46.0 Å². The summed E-state index contributed by atoms with van der Waals surface area (Å²) >= 11 is 6.24. The maximum atomic E-state index is 12.1. The van der Waals surface area contributed by atoms with Crippen molar-refractivity contribution in [2.24, 2.45) is 0 Å². The van der Waals surface area contributed by atoms with Crippen molar-refractivity contribution in [3.8, 4) is 0 Å². The predicted molar refractivity (Wildman–Crippen MR) is 83.2 cm³/mol. The first kappa shape index (κ1) is 14.4. The molecule has 1 amide bonds. The van der Waals surface area contributed by atoms with E-state index in [-0.39, 0.29) is 11.6 Å². The molecular formula is C13H10N2O3S2. The zero-order valence-electron chi connectivity index (χ0n) is 10.3. The van der Waals surface area contributed by atoms with Gasteiger partial charge in [-0.15, -0.1) is 6.58 Å². The second-order valence-corrected chi connectivity index (χ2v) is 5.57. The second-order valence-electron chi connectivity index (χ2n) is 3.90. The maximum Gasteiger partial charge on any atom is 0.276 e. The van der Waals surface area contributed by atoms with Crippen LogP contribution in [0.3, 0.4) is 0 Å². The smallest absolute Gasteiger partial charge is 0.276 e. The number of carbonyl (C=O) groups is 1. The van der Waals surface area contributed by atoms with Gasteiger partial charge in [-0.2, -0.15) is 0 Å². The zero-order valence-corrected chi connectivity index (χ0v) is 11.9. The lowest BCUT2D eigenvalue weighted by atomic mass is 10.1. The Balaban J connectivity index is 2.38. The Morgan fingerprint density at radius 2 is 2.15 bits per heavy atom. The molecule has 1 saturated heterocycles. The van der Waals surface area contributed by atoms with Gasteiger partial charge in [0.1, 0.15) is 4.32 Å². The summed E-state index contributed by atoms with van der Waals surface area (Å²) in [5, 5.41) is 10.9. The number of para-hydroxylation sites is 1. The molecule has 0 spiro atoms. The number of hydrogen-bond donors (Lipinski definition) is 0. The van der Waals surface area contributed by atoms with Crippen LogP contribution in [0.4, 0.5) is 5.69 Å². The number of amides is 1. The molecule has 0 aromatic heterocycles. The summed E-state index contributed by atoms with van der Waals surface area (Å²) in [5.74, 6) is -0.252. The Bertz CT molecular complexity index is 640. The highest BCUT2D eigenvalue weighted by molar-refractivity contribution is 8.26. The summed E-state index contributed by atoms with van der Waals surface area (Å²) in [7, 11) is 0. The van der Waals surface area contributed by atoms with E-state index < -0.39 is 4.92 Å². The first-order valence-electron chi connectivity index (χ1n) is 5.64. The van der Waals surface area contributed by atoms with Crippen LogP contribution in [0.25, 0.3) is 6.08 Å². The molecule has 102 valence electrons. The van der Waals surface area contributed by atoms with Crippen molar-refractivity contribution < 1.29 is 9.72 Å². The average Bonchev–Trinajstić information content (AvgIpc) is 2.67. The van der Waals surface area contributed by atoms with Gasteiger partial charge in [0.05, 0.1) is 15.4 Å². The Morgan fingerprint density at radius 3 is 2.80 bits per heavy atom. The first-order valence-corrected chi connectivity index (χ1v) is 6.86. The number of rotatable bonds is 4. The van der Waals surface area contributed by atoms with Crippen molar-refractivity contribution in [2.45, 2.75) is 0 Å².